The summed E-state index contributed by atoms with van der Waals surface area (Å²) in [5.41, 5.74) is 3.24. The average molecular weight is 427 g/mol. The Morgan fingerprint density at radius 3 is 2.72 bits per heavy atom. The molecule has 1 unspecified atom stereocenters. The van der Waals surface area contributed by atoms with Gasteiger partial charge >= 0.3 is 0 Å². The fourth-order valence-corrected chi connectivity index (χ4v) is 4.32. The van der Waals surface area contributed by atoms with Crippen LogP contribution in [0.3, 0.4) is 0 Å². The lowest BCUT2D eigenvalue weighted by Crippen LogP contribution is -2.24. The predicted octanol–water partition coefficient (Wildman–Crippen LogP) is 4.58. The molecule has 8 heteroatoms. The van der Waals surface area contributed by atoms with E-state index in [1.165, 1.54) is 11.3 Å². The van der Waals surface area contributed by atoms with E-state index in [0.29, 0.717) is 28.7 Å². The number of nitrogens with zero attached hydrogens (tertiary/aromatic N) is 3. The van der Waals surface area contributed by atoms with E-state index in [0.717, 1.165) is 21.8 Å². The smallest absolute Gasteiger partial charge is 0.257 e. The van der Waals surface area contributed by atoms with Crippen molar-refractivity contribution in [2.45, 2.75) is 26.2 Å². The Labute approximate surface area is 177 Å². The second kappa shape index (κ2) is 7.93. The zero-order chi connectivity index (χ0) is 20.5. The number of nitrogens with one attached hydrogen (secondary N) is 1. The minimum absolute atomic E-state index is 0.0237. The summed E-state index contributed by atoms with van der Waals surface area (Å²) >= 11 is 7.51. The van der Waals surface area contributed by atoms with Crippen molar-refractivity contribution in [2.75, 3.05) is 16.8 Å². The maximum absolute atomic E-state index is 12.5. The number of benzene rings is 2. The highest BCUT2D eigenvalue weighted by molar-refractivity contribution is 7.15. The Morgan fingerprint density at radius 2 is 1.97 bits per heavy atom. The van der Waals surface area contributed by atoms with Gasteiger partial charge in [0, 0.05) is 35.2 Å². The minimum atomic E-state index is -0.218. The first-order valence-electron chi connectivity index (χ1n) is 9.19. The number of halogens is 1. The van der Waals surface area contributed by atoms with Crippen LogP contribution in [-0.2, 0) is 4.79 Å². The molecule has 2 aromatic carbocycles. The van der Waals surface area contributed by atoms with Gasteiger partial charge in [-0.2, -0.15) is 0 Å². The molecule has 1 aliphatic rings. The van der Waals surface area contributed by atoms with Crippen LogP contribution in [0.25, 0.3) is 0 Å². The summed E-state index contributed by atoms with van der Waals surface area (Å²) in [6.07, 6.45) is 0.353. The fraction of sp³-hybridized carbons (Fsp3) is 0.238. The van der Waals surface area contributed by atoms with Crippen LogP contribution in [0.1, 0.15) is 38.8 Å². The van der Waals surface area contributed by atoms with Crippen LogP contribution >= 0.6 is 22.9 Å². The molecule has 1 aliphatic heterocycles. The van der Waals surface area contributed by atoms with Crippen molar-refractivity contribution in [2.24, 2.45) is 0 Å². The molecule has 1 fully saturated rings. The molecule has 4 rings (SSSR count). The maximum Gasteiger partial charge on any atom is 0.257 e. The summed E-state index contributed by atoms with van der Waals surface area (Å²) in [6, 6.07) is 13.0. The molecule has 1 atom stereocenters. The molecule has 3 aromatic rings. The molecule has 0 aliphatic carbocycles. The summed E-state index contributed by atoms with van der Waals surface area (Å²) in [7, 11) is 0. The van der Waals surface area contributed by atoms with Crippen LogP contribution in [0.5, 0.6) is 0 Å². The lowest BCUT2D eigenvalue weighted by Gasteiger charge is -2.17. The van der Waals surface area contributed by atoms with Gasteiger partial charge in [-0.15, -0.1) is 10.2 Å². The van der Waals surface area contributed by atoms with Crippen LogP contribution in [0, 0.1) is 13.8 Å². The molecule has 0 bridgehead atoms. The van der Waals surface area contributed by atoms with Gasteiger partial charge in [0.05, 0.1) is 0 Å². The van der Waals surface area contributed by atoms with Crippen LogP contribution in [0.15, 0.2) is 42.5 Å². The van der Waals surface area contributed by atoms with E-state index >= 15 is 0 Å². The molecule has 2 amide bonds. The third kappa shape index (κ3) is 4.02. The largest absolute Gasteiger partial charge is 0.312 e. The van der Waals surface area contributed by atoms with Gasteiger partial charge in [-0.3, -0.25) is 14.9 Å². The van der Waals surface area contributed by atoms with Crippen LogP contribution < -0.4 is 10.2 Å². The van der Waals surface area contributed by atoms with Gasteiger partial charge in [-0.05, 0) is 43.2 Å². The quantitative estimate of drug-likeness (QED) is 0.662. The Kier molecular flexibility index (Phi) is 5.34. The molecule has 148 valence electrons. The Balaban J connectivity index is 1.47. The van der Waals surface area contributed by atoms with Crippen molar-refractivity contribution in [3.8, 4) is 0 Å². The third-order valence-corrected chi connectivity index (χ3v) is 6.40. The Morgan fingerprint density at radius 1 is 1.17 bits per heavy atom. The van der Waals surface area contributed by atoms with E-state index in [9.17, 15) is 9.59 Å². The normalized spacial score (nSPS) is 16.3. The molecule has 29 heavy (non-hydrogen) atoms. The molecule has 0 spiro atoms. The first kappa shape index (κ1) is 19.5. The number of aryl methyl sites for hydroxylation is 2. The zero-order valence-electron chi connectivity index (χ0n) is 16.0. The van der Waals surface area contributed by atoms with Crippen LogP contribution in [0.2, 0.25) is 5.02 Å². The maximum atomic E-state index is 12.5. The van der Waals surface area contributed by atoms with Crippen molar-refractivity contribution < 1.29 is 9.59 Å². The average Bonchev–Trinajstić information content (AvgIpc) is 3.31. The summed E-state index contributed by atoms with van der Waals surface area (Å²) in [5.74, 6) is -0.260. The molecule has 2 heterocycles. The number of rotatable bonds is 4. The van der Waals surface area contributed by atoms with E-state index in [1.54, 1.807) is 11.0 Å². The number of anilines is 2. The fourth-order valence-electron chi connectivity index (χ4n) is 3.31. The molecule has 1 aromatic heterocycles. The molecule has 1 saturated heterocycles. The highest BCUT2D eigenvalue weighted by Gasteiger charge is 2.34. The van der Waals surface area contributed by atoms with Crippen LogP contribution in [0.4, 0.5) is 10.8 Å². The van der Waals surface area contributed by atoms with Gasteiger partial charge < -0.3 is 4.90 Å². The second-order valence-electron chi connectivity index (χ2n) is 7.05. The van der Waals surface area contributed by atoms with Gasteiger partial charge in [0.15, 0.2) is 0 Å². The van der Waals surface area contributed by atoms with Gasteiger partial charge in [-0.1, -0.05) is 47.2 Å². The van der Waals surface area contributed by atoms with E-state index in [2.05, 4.69) is 15.5 Å². The monoisotopic (exact) mass is 426 g/mol. The number of carbonyl (C=O) groups excluding carboxylic acids is 2. The second-order valence-corrected chi connectivity index (χ2v) is 8.47. The number of hydrogen-bond acceptors (Lipinski definition) is 5. The summed E-state index contributed by atoms with van der Waals surface area (Å²) in [4.78, 5) is 26.7. The Hall–Kier alpha value is -2.77. The molecule has 0 saturated carbocycles. The molecule has 0 radical (unpaired) electrons. The van der Waals surface area contributed by atoms with Crippen molar-refractivity contribution >= 4 is 45.6 Å². The summed E-state index contributed by atoms with van der Waals surface area (Å²) in [5, 5.41) is 12.9. The standard InChI is InChI=1S/C21H19ClN4O2S/c1-12-5-3-4-6-16(12)19(28)23-21-25-24-20(29-21)14-9-18(27)26(11-14)15-8-7-13(2)17(22)10-15/h3-8,10,14H,9,11H2,1-2H3,(H,23,25,28). The molecule has 1 N–H and O–H groups in total. The first-order valence-corrected chi connectivity index (χ1v) is 10.4. The summed E-state index contributed by atoms with van der Waals surface area (Å²) < 4.78 is 0. The molecular weight excluding hydrogens is 408 g/mol. The van der Waals surface area contributed by atoms with Crippen molar-refractivity contribution in [1.82, 2.24) is 10.2 Å². The topological polar surface area (TPSA) is 75.2 Å². The van der Waals surface area contributed by atoms with Crippen molar-refractivity contribution in [1.29, 1.82) is 0 Å². The van der Waals surface area contributed by atoms with Crippen molar-refractivity contribution in [3.05, 3.63) is 69.2 Å². The highest BCUT2D eigenvalue weighted by atomic mass is 35.5. The van der Waals surface area contributed by atoms with E-state index in [1.807, 2.05) is 50.2 Å². The summed E-state index contributed by atoms with van der Waals surface area (Å²) in [6.45, 7) is 4.32. The minimum Gasteiger partial charge on any atom is -0.312 e. The molecular formula is C21H19ClN4O2S. The van der Waals surface area contributed by atoms with E-state index < -0.39 is 0 Å². The van der Waals surface area contributed by atoms with E-state index in [-0.39, 0.29) is 17.7 Å². The number of hydrogen-bond donors (Lipinski definition) is 1. The number of amides is 2. The van der Waals surface area contributed by atoms with Gasteiger partial charge in [0.2, 0.25) is 11.0 Å². The highest BCUT2D eigenvalue weighted by Crippen LogP contribution is 2.35. The SMILES string of the molecule is Cc1ccc(N2CC(c3nnc(NC(=O)c4ccccc4C)s3)CC2=O)cc1Cl. The number of carbonyl (C=O) groups is 2. The first-order chi connectivity index (χ1) is 13.9. The van der Waals surface area contributed by atoms with Crippen LogP contribution in [-0.4, -0.2) is 28.6 Å². The number of aromatic nitrogens is 2. The van der Waals surface area contributed by atoms with Gasteiger partial charge in [0.1, 0.15) is 5.01 Å². The zero-order valence-corrected chi connectivity index (χ0v) is 17.5. The lowest BCUT2D eigenvalue weighted by molar-refractivity contribution is -0.117. The molecule has 6 nitrogen and oxygen atoms in total. The Bertz CT molecular complexity index is 1100. The van der Waals surface area contributed by atoms with Gasteiger partial charge in [-0.25, -0.2) is 0 Å². The van der Waals surface area contributed by atoms with E-state index in [4.69, 9.17) is 11.6 Å². The van der Waals surface area contributed by atoms with Crippen molar-refractivity contribution in [3.63, 3.8) is 0 Å². The van der Waals surface area contributed by atoms with Gasteiger partial charge in [0.25, 0.3) is 5.91 Å². The third-order valence-electron chi connectivity index (χ3n) is 4.99. The predicted molar refractivity (Wildman–Crippen MR) is 115 cm³/mol. The lowest BCUT2D eigenvalue weighted by atomic mass is 10.1.